The fourth-order valence-electron chi connectivity index (χ4n) is 3.21. The predicted octanol–water partition coefficient (Wildman–Crippen LogP) is 3.52. The van der Waals surface area contributed by atoms with E-state index in [1.54, 1.807) is 11.8 Å². The minimum Gasteiger partial charge on any atom is -0.497 e. The first kappa shape index (κ1) is 18.0. The molecule has 1 aromatic heterocycles. The van der Waals surface area contributed by atoms with E-state index in [9.17, 15) is 0 Å². The van der Waals surface area contributed by atoms with E-state index in [2.05, 4.69) is 27.3 Å². The normalized spacial score (nSPS) is 17.3. The molecule has 0 unspecified atom stereocenters. The van der Waals surface area contributed by atoms with Gasteiger partial charge in [0.2, 0.25) is 0 Å². The van der Waals surface area contributed by atoms with Gasteiger partial charge in [0.15, 0.2) is 6.23 Å². The van der Waals surface area contributed by atoms with Crippen LogP contribution in [0.3, 0.4) is 0 Å². The Morgan fingerprint density at radius 3 is 2.74 bits per heavy atom. The van der Waals surface area contributed by atoms with Gasteiger partial charge in [0, 0.05) is 18.1 Å². The summed E-state index contributed by atoms with van der Waals surface area (Å²) in [5, 5.41) is 9.30. The average Bonchev–Trinajstić information content (AvgIpc) is 3.33. The number of aromatic nitrogens is 3. The van der Waals surface area contributed by atoms with Crippen LogP contribution in [0.25, 0.3) is 0 Å². The molecule has 0 radical (unpaired) electrons. The predicted molar refractivity (Wildman–Crippen MR) is 103 cm³/mol. The molecule has 140 valence electrons. The van der Waals surface area contributed by atoms with Gasteiger partial charge in [-0.2, -0.15) is 0 Å². The SMILES string of the molecule is COc1ccc(CN2CCO[C@H]2c2cn(Cc3ccccc3Cl)nn2)cc1. The zero-order valence-electron chi connectivity index (χ0n) is 15.1. The van der Waals surface area contributed by atoms with Gasteiger partial charge in [0.05, 0.1) is 26.5 Å². The third kappa shape index (κ3) is 4.13. The summed E-state index contributed by atoms with van der Waals surface area (Å²) in [5.74, 6) is 0.857. The van der Waals surface area contributed by atoms with Crippen LogP contribution in [0.5, 0.6) is 5.75 Å². The molecule has 4 rings (SSSR count). The summed E-state index contributed by atoms with van der Waals surface area (Å²) in [6.45, 7) is 2.90. The third-order valence-corrected chi connectivity index (χ3v) is 5.00. The van der Waals surface area contributed by atoms with Gasteiger partial charge in [-0.15, -0.1) is 5.10 Å². The molecule has 2 aromatic carbocycles. The lowest BCUT2D eigenvalue weighted by atomic mass is 10.2. The Labute approximate surface area is 163 Å². The molecule has 7 heteroatoms. The highest BCUT2D eigenvalue weighted by Crippen LogP contribution is 2.27. The minimum absolute atomic E-state index is 0.188. The van der Waals surface area contributed by atoms with Gasteiger partial charge in [-0.25, -0.2) is 4.68 Å². The number of rotatable bonds is 6. The van der Waals surface area contributed by atoms with Crippen molar-refractivity contribution >= 4 is 11.6 Å². The Balaban J connectivity index is 1.45. The Morgan fingerprint density at radius 2 is 1.96 bits per heavy atom. The van der Waals surface area contributed by atoms with Crippen LogP contribution in [-0.2, 0) is 17.8 Å². The maximum Gasteiger partial charge on any atom is 0.157 e. The number of methoxy groups -OCH3 is 1. The van der Waals surface area contributed by atoms with Crippen molar-refractivity contribution in [1.82, 2.24) is 19.9 Å². The molecule has 0 bridgehead atoms. The van der Waals surface area contributed by atoms with Crippen molar-refractivity contribution < 1.29 is 9.47 Å². The van der Waals surface area contributed by atoms with Crippen LogP contribution in [0.4, 0.5) is 0 Å². The Kier molecular flexibility index (Phi) is 5.38. The average molecular weight is 385 g/mol. The molecule has 1 aliphatic rings. The molecule has 6 nitrogen and oxygen atoms in total. The van der Waals surface area contributed by atoms with Gasteiger partial charge in [0.1, 0.15) is 11.4 Å². The first-order chi connectivity index (χ1) is 13.2. The van der Waals surface area contributed by atoms with E-state index in [4.69, 9.17) is 21.1 Å². The highest BCUT2D eigenvalue weighted by molar-refractivity contribution is 6.31. The van der Waals surface area contributed by atoms with E-state index in [1.165, 1.54) is 5.56 Å². The second kappa shape index (κ2) is 8.08. The van der Waals surface area contributed by atoms with Crippen LogP contribution in [0, 0.1) is 0 Å². The summed E-state index contributed by atoms with van der Waals surface area (Å²) in [6, 6.07) is 15.8. The molecule has 0 N–H and O–H groups in total. The first-order valence-corrected chi connectivity index (χ1v) is 9.23. The summed E-state index contributed by atoms with van der Waals surface area (Å²) in [7, 11) is 1.67. The van der Waals surface area contributed by atoms with Crippen molar-refractivity contribution in [3.8, 4) is 5.75 Å². The summed E-state index contributed by atoms with van der Waals surface area (Å²) in [5.41, 5.74) is 3.03. The van der Waals surface area contributed by atoms with E-state index in [1.807, 2.05) is 42.6 Å². The Bertz CT molecular complexity index is 897. The number of benzene rings is 2. The maximum absolute atomic E-state index is 6.24. The monoisotopic (exact) mass is 384 g/mol. The zero-order chi connectivity index (χ0) is 18.6. The lowest BCUT2D eigenvalue weighted by Crippen LogP contribution is -2.23. The van der Waals surface area contributed by atoms with Crippen LogP contribution in [-0.4, -0.2) is 40.2 Å². The molecule has 1 atom stereocenters. The van der Waals surface area contributed by atoms with Crippen LogP contribution in [0.1, 0.15) is 23.0 Å². The van der Waals surface area contributed by atoms with Crippen molar-refractivity contribution in [2.45, 2.75) is 19.3 Å². The molecule has 0 aliphatic carbocycles. The van der Waals surface area contributed by atoms with Gasteiger partial charge in [-0.3, -0.25) is 4.90 Å². The lowest BCUT2D eigenvalue weighted by Gasteiger charge is -2.21. The quantitative estimate of drug-likeness (QED) is 0.650. The van der Waals surface area contributed by atoms with Gasteiger partial charge < -0.3 is 9.47 Å². The molecule has 1 fully saturated rings. The number of hydrogen-bond donors (Lipinski definition) is 0. The molecule has 0 spiro atoms. The van der Waals surface area contributed by atoms with E-state index in [-0.39, 0.29) is 6.23 Å². The number of ether oxygens (including phenoxy) is 2. The fourth-order valence-corrected chi connectivity index (χ4v) is 3.40. The largest absolute Gasteiger partial charge is 0.497 e. The van der Waals surface area contributed by atoms with Crippen molar-refractivity contribution in [2.75, 3.05) is 20.3 Å². The van der Waals surface area contributed by atoms with Crippen molar-refractivity contribution in [3.63, 3.8) is 0 Å². The van der Waals surface area contributed by atoms with Crippen LogP contribution in [0.2, 0.25) is 5.02 Å². The number of nitrogens with zero attached hydrogens (tertiary/aromatic N) is 4. The summed E-state index contributed by atoms with van der Waals surface area (Å²) in [6.07, 6.45) is 1.74. The van der Waals surface area contributed by atoms with Crippen molar-refractivity contribution in [3.05, 3.63) is 76.6 Å². The molecular weight excluding hydrogens is 364 g/mol. The van der Waals surface area contributed by atoms with E-state index >= 15 is 0 Å². The second-order valence-electron chi connectivity index (χ2n) is 6.47. The highest BCUT2D eigenvalue weighted by Gasteiger charge is 2.29. The van der Waals surface area contributed by atoms with E-state index in [0.717, 1.165) is 35.1 Å². The molecular formula is C20H21ClN4O2. The fraction of sp³-hybridized carbons (Fsp3) is 0.300. The topological polar surface area (TPSA) is 52.4 Å². The Morgan fingerprint density at radius 1 is 1.15 bits per heavy atom. The molecule has 3 aromatic rings. The van der Waals surface area contributed by atoms with Gasteiger partial charge in [-0.05, 0) is 29.3 Å². The van der Waals surface area contributed by atoms with E-state index in [0.29, 0.717) is 13.2 Å². The molecule has 2 heterocycles. The Hall–Kier alpha value is -2.41. The molecule has 0 saturated carbocycles. The van der Waals surface area contributed by atoms with E-state index < -0.39 is 0 Å². The van der Waals surface area contributed by atoms with Gasteiger partial charge in [-0.1, -0.05) is 47.1 Å². The summed E-state index contributed by atoms with van der Waals surface area (Å²) in [4.78, 5) is 2.26. The minimum atomic E-state index is -0.188. The van der Waals surface area contributed by atoms with Gasteiger partial charge in [0.25, 0.3) is 0 Å². The lowest BCUT2D eigenvalue weighted by molar-refractivity contribution is 0.0252. The number of halogens is 1. The van der Waals surface area contributed by atoms with Crippen LogP contribution < -0.4 is 4.74 Å². The van der Waals surface area contributed by atoms with Crippen molar-refractivity contribution in [1.29, 1.82) is 0 Å². The first-order valence-electron chi connectivity index (χ1n) is 8.85. The highest BCUT2D eigenvalue weighted by atomic mass is 35.5. The van der Waals surface area contributed by atoms with Gasteiger partial charge >= 0.3 is 0 Å². The van der Waals surface area contributed by atoms with Crippen molar-refractivity contribution in [2.24, 2.45) is 0 Å². The summed E-state index contributed by atoms with van der Waals surface area (Å²) >= 11 is 6.24. The molecule has 0 amide bonds. The smallest absolute Gasteiger partial charge is 0.157 e. The second-order valence-corrected chi connectivity index (χ2v) is 6.88. The summed E-state index contributed by atoms with van der Waals surface area (Å²) < 4.78 is 12.9. The zero-order valence-corrected chi connectivity index (χ0v) is 15.8. The van der Waals surface area contributed by atoms with Crippen LogP contribution >= 0.6 is 11.6 Å². The number of hydrogen-bond acceptors (Lipinski definition) is 5. The molecule has 27 heavy (non-hydrogen) atoms. The third-order valence-electron chi connectivity index (χ3n) is 4.63. The van der Waals surface area contributed by atoms with Crippen LogP contribution in [0.15, 0.2) is 54.7 Å². The molecule has 1 aliphatic heterocycles. The standard InChI is InChI=1S/C20H21ClN4O2/c1-26-17-8-6-15(7-9-17)12-24-10-11-27-20(24)19-14-25(23-22-19)13-16-4-2-3-5-18(16)21/h2-9,14,20H,10-13H2,1H3/t20-/m0/s1. The molecule has 1 saturated heterocycles. The maximum atomic E-state index is 6.24.